The van der Waals surface area contributed by atoms with Gasteiger partial charge in [0.2, 0.25) is 11.8 Å². The summed E-state index contributed by atoms with van der Waals surface area (Å²) in [5.74, 6) is -0.979. The molecule has 0 spiro atoms. The van der Waals surface area contributed by atoms with Gasteiger partial charge in [0.25, 0.3) is 0 Å². The summed E-state index contributed by atoms with van der Waals surface area (Å²) in [7, 11) is 0. The Labute approximate surface area is 184 Å². The molecule has 0 saturated heterocycles. The zero-order valence-corrected chi connectivity index (χ0v) is 18.6. The smallest absolute Gasteiger partial charge is 0.247 e. The number of carbonyl (C=O) groups excluding carboxylic acids is 3. The second kappa shape index (κ2) is 11.1. The van der Waals surface area contributed by atoms with Crippen LogP contribution in [0.3, 0.4) is 0 Å². The number of nitrogens with one attached hydrogen (secondary N) is 2. The number of hydrogen-bond acceptors (Lipinski definition) is 3. The highest BCUT2D eigenvalue weighted by molar-refractivity contribution is 6.03. The van der Waals surface area contributed by atoms with Crippen LogP contribution in [0.5, 0.6) is 0 Å². The Morgan fingerprint density at radius 2 is 1.39 bits per heavy atom. The fraction of sp³-hybridized carbons (Fsp3) is 0.269. The highest BCUT2D eigenvalue weighted by atomic mass is 16.2. The molecule has 162 valence electrons. The van der Waals surface area contributed by atoms with Gasteiger partial charge in [0, 0.05) is 5.57 Å². The molecule has 0 aliphatic carbocycles. The quantitative estimate of drug-likeness (QED) is 0.607. The van der Waals surface area contributed by atoms with Crippen LogP contribution in [0.15, 0.2) is 78.4 Å². The van der Waals surface area contributed by atoms with Gasteiger partial charge in [-0.05, 0) is 50.8 Å². The average molecular weight is 419 g/mol. The molecule has 0 heterocycles. The molecular weight excluding hydrogens is 388 g/mol. The van der Waals surface area contributed by atoms with Crippen molar-refractivity contribution < 1.29 is 14.4 Å². The number of rotatable bonds is 9. The van der Waals surface area contributed by atoms with Gasteiger partial charge in [-0.1, -0.05) is 72.8 Å². The third kappa shape index (κ3) is 6.78. The van der Waals surface area contributed by atoms with Crippen LogP contribution < -0.4 is 10.6 Å². The molecule has 5 heteroatoms. The Hall–Kier alpha value is -3.47. The van der Waals surface area contributed by atoms with Crippen molar-refractivity contribution >= 4 is 23.2 Å². The fourth-order valence-electron chi connectivity index (χ4n) is 3.00. The van der Waals surface area contributed by atoms with E-state index in [1.807, 2.05) is 74.5 Å². The normalized spacial score (nSPS) is 12.3. The van der Waals surface area contributed by atoms with E-state index >= 15 is 0 Å². The van der Waals surface area contributed by atoms with Gasteiger partial charge >= 0.3 is 0 Å². The van der Waals surface area contributed by atoms with Gasteiger partial charge in [-0.15, -0.1) is 0 Å². The van der Waals surface area contributed by atoms with E-state index in [0.717, 1.165) is 16.7 Å². The number of amides is 2. The first kappa shape index (κ1) is 23.8. The SMILES string of the molecule is C=C(c1ccccc1)[C@H](NC(=O)C(C)=C(C)C)C(=O)N[C@@H](Cc1ccccc1)C(C)=O. The molecule has 2 amide bonds. The zero-order chi connectivity index (χ0) is 23.0. The Kier molecular flexibility index (Phi) is 8.50. The molecule has 2 aromatic rings. The lowest BCUT2D eigenvalue weighted by molar-refractivity contribution is -0.129. The molecule has 2 aromatic carbocycles. The van der Waals surface area contributed by atoms with E-state index in [4.69, 9.17) is 0 Å². The second-order valence-electron chi connectivity index (χ2n) is 7.78. The van der Waals surface area contributed by atoms with Gasteiger partial charge in [-0.2, -0.15) is 0 Å². The summed E-state index contributed by atoms with van der Waals surface area (Å²) in [4.78, 5) is 38.2. The van der Waals surface area contributed by atoms with E-state index in [9.17, 15) is 14.4 Å². The first-order chi connectivity index (χ1) is 14.7. The average Bonchev–Trinajstić information content (AvgIpc) is 2.76. The van der Waals surface area contributed by atoms with Gasteiger partial charge in [0.1, 0.15) is 6.04 Å². The minimum Gasteiger partial charge on any atom is -0.344 e. The van der Waals surface area contributed by atoms with Crippen molar-refractivity contribution in [3.63, 3.8) is 0 Å². The molecule has 5 nitrogen and oxygen atoms in total. The molecule has 0 aromatic heterocycles. The second-order valence-corrected chi connectivity index (χ2v) is 7.78. The van der Waals surface area contributed by atoms with Crippen molar-refractivity contribution in [2.45, 2.75) is 46.2 Å². The predicted octanol–water partition coefficient (Wildman–Crippen LogP) is 3.86. The Morgan fingerprint density at radius 3 is 1.90 bits per heavy atom. The van der Waals surface area contributed by atoms with E-state index in [0.29, 0.717) is 17.6 Å². The zero-order valence-electron chi connectivity index (χ0n) is 18.6. The van der Waals surface area contributed by atoms with Crippen molar-refractivity contribution in [2.75, 3.05) is 0 Å². The summed E-state index contributed by atoms with van der Waals surface area (Å²) >= 11 is 0. The van der Waals surface area contributed by atoms with Crippen LogP contribution in [-0.2, 0) is 20.8 Å². The molecule has 0 aliphatic rings. The van der Waals surface area contributed by atoms with Crippen LogP contribution in [0, 0.1) is 0 Å². The van der Waals surface area contributed by atoms with E-state index in [2.05, 4.69) is 17.2 Å². The van der Waals surface area contributed by atoms with Gasteiger partial charge in [0.15, 0.2) is 5.78 Å². The number of ketones is 1. The van der Waals surface area contributed by atoms with Crippen LogP contribution in [0.2, 0.25) is 0 Å². The van der Waals surface area contributed by atoms with E-state index in [-0.39, 0.29) is 11.7 Å². The largest absolute Gasteiger partial charge is 0.344 e. The third-order valence-electron chi connectivity index (χ3n) is 5.21. The summed E-state index contributed by atoms with van der Waals surface area (Å²) in [5.41, 5.74) is 3.51. The molecular formula is C26H30N2O3. The Bertz CT molecular complexity index is 974. The Morgan fingerprint density at radius 1 is 0.839 bits per heavy atom. The minimum atomic E-state index is -1.01. The summed E-state index contributed by atoms with van der Waals surface area (Å²) in [6, 6.07) is 17.0. The molecule has 31 heavy (non-hydrogen) atoms. The first-order valence-corrected chi connectivity index (χ1v) is 10.2. The van der Waals surface area contributed by atoms with Crippen molar-refractivity contribution in [2.24, 2.45) is 0 Å². The Balaban J connectivity index is 2.29. The maximum absolute atomic E-state index is 13.2. The lowest BCUT2D eigenvalue weighted by atomic mass is 9.97. The maximum Gasteiger partial charge on any atom is 0.247 e. The molecule has 2 rings (SSSR count). The van der Waals surface area contributed by atoms with Crippen molar-refractivity contribution in [1.29, 1.82) is 0 Å². The lowest BCUT2D eigenvalue weighted by Crippen LogP contribution is -2.52. The number of Topliss-reactive ketones (excluding diaryl/α,β-unsaturated/α-hetero) is 1. The predicted molar refractivity (Wildman–Crippen MR) is 124 cm³/mol. The minimum absolute atomic E-state index is 0.159. The molecule has 0 bridgehead atoms. The van der Waals surface area contributed by atoms with E-state index < -0.39 is 18.0 Å². The van der Waals surface area contributed by atoms with E-state index in [1.165, 1.54) is 6.92 Å². The molecule has 0 unspecified atom stereocenters. The van der Waals surface area contributed by atoms with Gasteiger partial charge in [-0.3, -0.25) is 14.4 Å². The standard InChI is InChI=1S/C26H30N2O3/c1-17(2)18(3)25(30)28-24(19(4)22-14-10-7-11-15-22)26(31)27-23(20(5)29)16-21-12-8-6-9-13-21/h6-15,23-24H,4,16H2,1-3,5H3,(H,27,31)(H,28,30)/t23-,24-/m0/s1. The van der Waals surface area contributed by atoms with Crippen molar-refractivity contribution in [1.82, 2.24) is 10.6 Å². The lowest BCUT2D eigenvalue weighted by Gasteiger charge is -2.24. The molecule has 2 atom stereocenters. The van der Waals surface area contributed by atoms with Crippen LogP contribution in [0.4, 0.5) is 0 Å². The summed E-state index contributed by atoms with van der Waals surface area (Å²) in [6.45, 7) is 10.9. The molecule has 0 radical (unpaired) electrons. The fourth-order valence-corrected chi connectivity index (χ4v) is 3.00. The number of benzene rings is 2. The van der Waals surface area contributed by atoms with Crippen molar-refractivity contribution in [3.05, 3.63) is 89.5 Å². The summed E-state index contributed by atoms with van der Waals surface area (Å²) < 4.78 is 0. The summed E-state index contributed by atoms with van der Waals surface area (Å²) in [6.07, 6.45) is 0.368. The van der Waals surface area contributed by atoms with Crippen LogP contribution in [0.25, 0.3) is 5.57 Å². The maximum atomic E-state index is 13.2. The number of carbonyl (C=O) groups is 3. The van der Waals surface area contributed by atoms with Crippen molar-refractivity contribution in [3.8, 4) is 0 Å². The van der Waals surface area contributed by atoms with Crippen LogP contribution in [-0.4, -0.2) is 29.7 Å². The van der Waals surface area contributed by atoms with E-state index in [1.54, 1.807) is 6.92 Å². The highest BCUT2D eigenvalue weighted by Crippen LogP contribution is 2.18. The first-order valence-electron chi connectivity index (χ1n) is 10.2. The highest BCUT2D eigenvalue weighted by Gasteiger charge is 2.28. The van der Waals surface area contributed by atoms with Gasteiger partial charge in [-0.25, -0.2) is 0 Å². The third-order valence-corrected chi connectivity index (χ3v) is 5.21. The molecule has 2 N–H and O–H groups in total. The molecule has 0 fully saturated rings. The summed E-state index contributed by atoms with van der Waals surface area (Å²) in [5, 5.41) is 5.59. The molecule has 0 aliphatic heterocycles. The number of allylic oxidation sites excluding steroid dienone is 1. The van der Waals surface area contributed by atoms with Gasteiger partial charge < -0.3 is 10.6 Å². The monoisotopic (exact) mass is 418 g/mol. The number of hydrogen-bond donors (Lipinski definition) is 2. The molecule has 0 saturated carbocycles. The van der Waals surface area contributed by atoms with Gasteiger partial charge in [0.05, 0.1) is 6.04 Å². The van der Waals surface area contributed by atoms with Crippen LogP contribution in [0.1, 0.15) is 38.8 Å². The topological polar surface area (TPSA) is 75.3 Å². The van der Waals surface area contributed by atoms with Crippen LogP contribution >= 0.6 is 0 Å².